The van der Waals surface area contributed by atoms with Crippen LogP contribution in [0.2, 0.25) is 0 Å². The first kappa shape index (κ1) is 17.3. The maximum absolute atomic E-state index is 11.8. The number of ether oxygens (including phenoxy) is 2. The lowest BCUT2D eigenvalue weighted by molar-refractivity contribution is -0.123. The first-order chi connectivity index (χ1) is 9.82. The quantitative estimate of drug-likeness (QED) is 0.794. The van der Waals surface area contributed by atoms with Gasteiger partial charge in [0, 0.05) is 13.1 Å². The van der Waals surface area contributed by atoms with Crippen LogP contribution in [0.25, 0.3) is 0 Å². The lowest BCUT2D eigenvalue weighted by Crippen LogP contribution is -2.41. The van der Waals surface area contributed by atoms with E-state index in [9.17, 15) is 4.79 Å². The summed E-state index contributed by atoms with van der Waals surface area (Å²) in [4.78, 5) is 13.9. The molecule has 0 aliphatic rings. The van der Waals surface area contributed by atoms with Crippen molar-refractivity contribution in [2.75, 3.05) is 40.9 Å². The molecule has 0 unspecified atom stereocenters. The number of methoxy groups -OCH3 is 1. The summed E-state index contributed by atoms with van der Waals surface area (Å²) in [5.74, 6) is 1.30. The molecule has 21 heavy (non-hydrogen) atoms. The van der Waals surface area contributed by atoms with Crippen molar-refractivity contribution in [3.63, 3.8) is 0 Å². The number of amides is 1. The second-order valence-electron chi connectivity index (χ2n) is 6.14. The van der Waals surface area contributed by atoms with Crippen molar-refractivity contribution in [1.82, 2.24) is 10.2 Å². The fraction of sp³-hybridized carbons (Fsp3) is 0.562. The Bertz CT molecular complexity index is 441. The van der Waals surface area contributed by atoms with Crippen LogP contribution in [0.5, 0.6) is 11.5 Å². The molecular formula is C16H26N2O3. The van der Waals surface area contributed by atoms with Gasteiger partial charge >= 0.3 is 0 Å². The molecule has 0 aromatic heterocycles. The molecule has 1 aromatic carbocycles. The second-order valence-corrected chi connectivity index (χ2v) is 6.14. The highest BCUT2D eigenvalue weighted by Crippen LogP contribution is 2.17. The Hall–Kier alpha value is -1.75. The zero-order chi connectivity index (χ0) is 15.9. The van der Waals surface area contributed by atoms with Crippen molar-refractivity contribution in [2.45, 2.75) is 13.8 Å². The van der Waals surface area contributed by atoms with Crippen molar-refractivity contribution in [3.8, 4) is 11.5 Å². The van der Waals surface area contributed by atoms with E-state index in [0.717, 1.165) is 12.3 Å². The third-order valence-electron chi connectivity index (χ3n) is 2.94. The highest BCUT2D eigenvalue weighted by molar-refractivity contribution is 5.77. The lowest BCUT2D eigenvalue weighted by atomic mass is 9.93. The molecule has 0 saturated heterocycles. The summed E-state index contributed by atoms with van der Waals surface area (Å²) < 4.78 is 10.5. The minimum Gasteiger partial charge on any atom is -0.497 e. The van der Waals surface area contributed by atoms with Gasteiger partial charge in [0.1, 0.15) is 11.5 Å². The number of carbonyl (C=O) groups is 1. The molecule has 0 saturated carbocycles. The van der Waals surface area contributed by atoms with Gasteiger partial charge in [-0.25, -0.2) is 0 Å². The molecule has 5 nitrogen and oxygen atoms in total. The van der Waals surface area contributed by atoms with E-state index in [4.69, 9.17) is 9.47 Å². The van der Waals surface area contributed by atoms with Crippen molar-refractivity contribution >= 4 is 5.91 Å². The zero-order valence-corrected chi connectivity index (χ0v) is 13.6. The van der Waals surface area contributed by atoms with Gasteiger partial charge in [0.15, 0.2) is 6.61 Å². The molecule has 118 valence electrons. The van der Waals surface area contributed by atoms with Gasteiger partial charge < -0.3 is 19.7 Å². The van der Waals surface area contributed by atoms with Crippen LogP contribution in [-0.2, 0) is 4.79 Å². The molecule has 0 aliphatic carbocycles. The van der Waals surface area contributed by atoms with Gasteiger partial charge in [-0.3, -0.25) is 4.79 Å². The summed E-state index contributed by atoms with van der Waals surface area (Å²) in [6.45, 7) is 5.79. The molecule has 1 amide bonds. The Balaban J connectivity index is 2.33. The average molecular weight is 294 g/mol. The Morgan fingerprint density at radius 3 is 2.29 bits per heavy atom. The van der Waals surface area contributed by atoms with E-state index in [1.807, 2.05) is 14.1 Å². The third kappa shape index (κ3) is 6.99. The number of benzene rings is 1. The first-order valence-corrected chi connectivity index (χ1v) is 7.01. The SMILES string of the molecule is COc1ccc(OCC(=O)NCC(C)(C)CN(C)C)cc1. The van der Waals surface area contributed by atoms with Crippen LogP contribution in [-0.4, -0.2) is 51.7 Å². The number of carbonyl (C=O) groups excluding carboxylic acids is 1. The van der Waals surface area contributed by atoms with E-state index in [1.54, 1.807) is 31.4 Å². The van der Waals surface area contributed by atoms with Crippen molar-refractivity contribution in [2.24, 2.45) is 5.41 Å². The molecule has 0 aliphatic heterocycles. The van der Waals surface area contributed by atoms with Gasteiger partial charge in [-0.1, -0.05) is 13.8 Å². The molecule has 0 bridgehead atoms. The Morgan fingerprint density at radius 1 is 1.19 bits per heavy atom. The molecule has 0 heterocycles. The Kier molecular flexibility index (Phi) is 6.49. The topological polar surface area (TPSA) is 50.8 Å². The molecule has 1 N–H and O–H groups in total. The summed E-state index contributed by atoms with van der Waals surface area (Å²) in [5, 5.41) is 2.91. The Labute approximate surface area is 127 Å². The maximum atomic E-state index is 11.8. The third-order valence-corrected chi connectivity index (χ3v) is 2.94. The van der Waals surface area contributed by atoms with Gasteiger partial charge in [0.05, 0.1) is 7.11 Å². The number of nitrogens with one attached hydrogen (secondary N) is 1. The molecule has 1 aromatic rings. The highest BCUT2D eigenvalue weighted by Gasteiger charge is 2.19. The molecule has 0 spiro atoms. The summed E-state index contributed by atoms with van der Waals surface area (Å²) in [7, 11) is 5.66. The van der Waals surface area contributed by atoms with Crippen LogP contribution < -0.4 is 14.8 Å². The summed E-state index contributed by atoms with van der Waals surface area (Å²) in [6.07, 6.45) is 0. The van der Waals surface area contributed by atoms with E-state index in [0.29, 0.717) is 12.3 Å². The fourth-order valence-electron chi connectivity index (χ4n) is 2.12. The molecule has 0 atom stereocenters. The van der Waals surface area contributed by atoms with Gasteiger partial charge in [-0.05, 0) is 43.8 Å². The molecular weight excluding hydrogens is 268 g/mol. The van der Waals surface area contributed by atoms with Crippen molar-refractivity contribution < 1.29 is 14.3 Å². The minimum atomic E-state index is -0.113. The van der Waals surface area contributed by atoms with Crippen LogP contribution in [0.15, 0.2) is 24.3 Å². The summed E-state index contributed by atoms with van der Waals surface area (Å²) >= 11 is 0. The predicted octanol–water partition coefficient (Wildman–Crippen LogP) is 1.78. The van der Waals surface area contributed by atoms with Gasteiger partial charge in [0.25, 0.3) is 5.91 Å². The molecule has 5 heteroatoms. The van der Waals surface area contributed by atoms with E-state index in [-0.39, 0.29) is 17.9 Å². The molecule has 1 rings (SSSR count). The van der Waals surface area contributed by atoms with Crippen LogP contribution in [0.3, 0.4) is 0 Å². The van der Waals surface area contributed by atoms with E-state index >= 15 is 0 Å². The Morgan fingerprint density at radius 2 is 1.76 bits per heavy atom. The molecule has 0 radical (unpaired) electrons. The van der Waals surface area contributed by atoms with Gasteiger partial charge in [-0.2, -0.15) is 0 Å². The van der Waals surface area contributed by atoms with Crippen LogP contribution in [0, 0.1) is 5.41 Å². The van der Waals surface area contributed by atoms with Crippen molar-refractivity contribution in [3.05, 3.63) is 24.3 Å². The van der Waals surface area contributed by atoms with E-state index in [2.05, 4.69) is 24.1 Å². The second kappa shape index (κ2) is 7.88. The number of rotatable bonds is 8. The van der Waals surface area contributed by atoms with Gasteiger partial charge in [0.2, 0.25) is 0 Å². The van der Waals surface area contributed by atoms with E-state index in [1.165, 1.54) is 0 Å². The molecule has 0 fully saturated rings. The van der Waals surface area contributed by atoms with Crippen LogP contribution >= 0.6 is 0 Å². The monoisotopic (exact) mass is 294 g/mol. The summed E-state index contributed by atoms with van der Waals surface area (Å²) in [6, 6.07) is 7.16. The predicted molar refractivity (Wildman–Crippen MR) is 83.8 cm³/mol. The summed E-state index contributed by atoms with van der Waals surface area (Å²) in [5.41, 5.74) is 0.0271. The largest absolute Gasteiger partial charge is 0.497 e. The van der Waals surface area contributed by atoms with Crippen LogP contribution in [0.1, 0.15) is 13.8 Å². The van der Waals surface area contributed by atoms with Crippen molar-refractivity contribution in [1.29, 1.82) is 0 Å². The number of nitrogens with zero attached hydrogens (tertiary/aromatic N) is 1. The van der Waals surface area contributed by atoms with E-state index < -0.39 is 0 Å². The first-order valence-electron chi connectivity index (χ1n) is 7.01. The smallest absolute Gasteiger partial charge is 0.257 e. The van der Waals surface area contributed by atoms with Gasteiger partial charge in [-0.15, -0.1) is 0 Å². The average Bonchev–Trinajstić information content (AvgIpc) is 2.42. The normalized spacial score (nSPS) is 11.3. The van der Waals surface area contributed by atoms with Crippen LogP contribution in [0.4, 0.5) is 0 Å². The maximum Gasteiger partial charge on any atom is 0.257 e. The lowest BCUT2D eigenvalue weighted by Gasteiger charge is -2.28. The number of hydrogen-bond acceptors (Lipinski definition) is 4. The number of hydrogen-bond donors (Lipinski definition) is 1. The fourth-order valence-corrected chi connectivity index (χ4v) is 2.12. The standard InChI is InChI=1S/C16H26N2O3/c1-16(2,12-18(3)4)11-17-15(19)10-21-14-8-6-13(20-5)7-9-14/h6-9H,10-12H2,1-5H3,(H,17,19). The minimum absolute atomic E-state index is 0.0182. The highest BCUT2D eigenvalue weighted by atomic mass is 16.5. The zero-order valence-electron chi connectivity index (χ0n) is 13.6.